The van der Waals surface area contributed by atoms with Crippen LogP contribution < -0.4 is 5.32 Å². The first-order chi connectivity index (χ1) is 10.1. The second kappa shape index (κ2) is 7.36. The fraction of sp³-hybridized carbons (Fsp3) is 0.235. The second-order valence-electron chi connectivity index (χ2n) is 4.80. The van der Waals surface area contributed by atoms with Crippen molar-refractivity contribution in [3.8, 4) is 11.1 Å². The molecule has 1 N–H and O–H groups in total. The van der Waals surface area contributed by atoms with Gasteiger partial charge in [-0.15, -0.1) is 0 Å². The first-order valence-electron chi connectivity index (χ1n) is 6.96. The number of benzene rings is 2. The molecule has 0 aliphatic heterocycles. The molecule has 2 aromatic rings. The molecular weight excluding hydrogens is 333 g/mol. The van der Waals surface area contributed by atoms with E-state index in [0.29, 0.717) is 16.5 Å². The van der Waals surface area contributed by atoms with Gasteiger partial charge in [0.1, 0.15) is 0 Å². The monoisotopic (exact) mass is 349 g/mol. The number of carbonyl (C=O) groups excluding carboxylic acids is 1. The Balaban J connectivity index is 2.38. The molecule has 0 radical (unpaired) electrons. The molecule has 2 aromatic carbocycles. The zero-order valence-corrected chi connectivity index (χ0v) is 13.4. The minimum absolute atomic E-state index is 0.161. The topological polar surface area (TPSA) is 29.1 Å². The van der Waals surface area contributed by atoms with Crippen molar-refractivity contribution in [3.05, 3.63) is 52.8 Å². The van der Waals surface area contributed by atoms with Gasteiger partial charge in [0.2, 0.25) is 5.91 Å². The van der Waals surface area contributed by atoms with Crippen molar-refractivity contribution in [3.63, 3.8) is 0 Å². The van der Waals surface area contributed by atoms with Gasteiger partial charge < -0.3 is 5.32 Å². The van der Waals surface area contributed by atoms with Crippen molar-refractivity contribution in [2.45, 2.75) is 26.2 Å². The minimum atomic E-state index is -0.443. The van der Waals surface area contributed by atoms with Crippen LogP contribution in [0.2, 0.25) is 0 Å². The first-order valence-corrected chi connectivity index (χ1v) is 7.76. The lowest BCUT2D eigenvalue weighted by Gasteiger charge is -2.13. The van der Waals surface area contributed by atoms with Gasteiger partial charge in [-0.05, 0) is 34.0 Å². The van der Waals surface area contributed by atoms with E-state index in [1.165, 1.54) is 0 Å². The zero-order valence-electron chi connectivity index (χ0n) is 11.8. The third kappa shape index (κ3) is 3.91. The van der Waals surface area contributed by atoms with E-state index in [9.17, 15) is 9.18 Å². The number of halogens is 2. The number of nitrogens with one attached hydrogen (secondary N) is 1. The number of anilines is 1. The lowest BCUT2D eigenvalue weighted by molar-refractivity contribution is -0.116. The van der Waals surface area contributed by atoms with E-state index < -0.39 is 5.82 Å². The number of hydrogen-bond acceptors (Lipinski definition) is 1. The SMILES string of the molecule is CCCCC(=O)Nc1c(-c2ccccc2)ccc(Br)c1F. The van der Waals surface area contributed by atoms with Crippen LogP contribution in [-0.4, -0.2) is 5.91 Å². The second-order valence-corrected chi connectivity index (χ2v) is 5.66. The minimum Gasteiger partial charge on any atom is -0.323 e. The highest BCUT2D eigenvalue weighted by Crippen LogP contribution is 2.34. The van der Waals surface area contributed by atoms with Crippen LogP contribution in [0.1, 0.15) is 26.2 Å². The smallest absolute Gasteiger partial charge is 0.224 e. The van der Waals surface area contributed by atoms with E-state index in [2.05, 4.69) is 21.2 Å². The Hall–Kier alpha value is -1.68. The molecule has 0 spiro atoms. The molecule has 0 aliphatic rings. The van der Waals surface area contributed by atoms with E-state index in [-0.39, 0.29) is 11.6 Å². The van der Waals surface area contributed by atoms with Crippen LogP contribution in [0.5, 0.6) is 0 Å². The molecule has 0 atom stereocenters. The van der Waals surface area contributed by atoms with Crippen molar-refractivity contribution < 1.29 is 9.18 Å². The summed E-state index contributed by atoms with van der Waals surface area (Å²) in [5, 5.41) is 2.71. The first kappa shape index (κ1) is 15.7. The number of carbonyl (C=O) groups is 1. The van der Waals surface area contributed by atoms with Gasteiger partial charge >= 0.3 is 0 Å². The highest BCUT2D eigenvalue weighted by atomic mass is 79.9. The molecule has 1 amide bonds. The Morgan fingerprint density at radius 1 is 1.19 bits per heavy atom. The Kier molecular flexibility index (Phi) is 5.51. The molecule has 0 aromatic heterocycles. The molecule has 2 nitrogen and oxygen atoms in total. The average Bonchev–Trinajstić information content (AvgIpc) is 2.51. The van der Waals surface area contributed by atoms with E-state index in [4.69, 9.17) is 0 Å². The van der Waals surface area contributed by atoms with Crippen molar-refractivity contribution in [2.75, 3.05) is 5.32 Å². The fourth-order valence-electron chi connectivity index (χ4n) is 2.07. The molecular formula is C17H17BrFNO. The third-order valence-corrected chi connectivity index (χ3v) is 3.81. The highest BCUT2D eigenvalue weighted by Gasteiger charge is 2.15. The zero-order chi connectivity index (χ0) is 15.2. The van der Waals surface area contributed by atoms with Crippen LogP contribution in [0.15, 0.2) is 46.9 Å². The predicted octanol–water partition coefficient (Wildman–Crippen LogP) is 5.38. The van der Waals surface area contributed by atoms with E-state index in [0.717, 1.165) is 18.4 Å². The van der Waals surface area contributed by atoms with Gasteiger partial charge in [0, 0.05) is 12.0 Å². The summed E-state index contributed by atoms with van der Waals surface area (Å²) in [5.74, 6) is -0.604. The molecule has 0 fully saturated rings. The van der Waals surface area contributed by atoms with Crippen LogP contribution in [0.3, 0.4) is 0 Å². The van der Waals surface area contributed by atoms with Gasteiger partial charge in [-0.3, -0.25) is 4.79 Å². The molecule has 0 aliphatic carbocycles. The average molecular weight is 350 g/mol. The fourth-order valence-corrected chi connectivity index (χ4v) is 2.40. The van der Waals surface area contributed by atoms with Crippen molar-refractivity contribution in [1.29, 1.82) is 0 Å². The van der Waals surface area contributed by atoms with Crippen LogP contribution in [0, 0.1) is 5.82 Å². The molecule has 2 rings (SSSR count). The Morgan fingerprint density at radius 2 is 1.90 bits per heavy atom. The molecule has 0 saturated carbocycles. The molecule has 21 heavy (non-hydrogen) atoms. The van der Waals surface area contributed by atoms with Crippen molar-refractivity contribution in [2.24, 2.45) is 0 Å². The van der Waals surface area contributed by atoms with Crippen LogP contribution in [-0.2, 0) is 4.79 Å². The largest absolute Gasteiger partial charge is 0.323 e. The Morgan fingerprint density at radius 3 is 2.57 bits per heavy atom. The Bertz CT molecular complexity index is 628. The standard InChI is InChI=1S/C17H17BrFNO/c1-2-3-9-15(21)20-17-13(10-11-14(18)16(17)19)12-7-5-4-6-8-12/h4-8,10-11H,2-3,9H2,1H3,(H,20,21). The van der Waals surface area contributed by atoms with Gasteiger partial charge in [0.15, 0.2) is 5.82 Å². The molecule has 0 bridgehead atoms. The van der Waals surface area contributed by atoms with Crippen LogP contribution >= 0.6 is 15.9 Å². The number of unbranched alkanes of at least 4 members (excludes halogenated alkanes) is 1. The third-order valence-electron chi connectivity index (χ3n) is 3.20. The molecule has 4 heteroatoms. The molecule has 0 saturated heterocycles. The van der Waals surface area contributed by atoms with Gasteiger partial charge in [-0.1, -0.05) is 49.7 Å². The summed E-state index contributed by atoms with van der Waals surface area (Å²) in [5.41, 5.74) is 1.78. The van der Waals surface area contributed by atoms with E-state index >= 15 is 0 Å². The van der Waals surface area contributed by atoms with Crippen molar-refractivity contribution in [1.82, 2.24) is 0 Å². The van der Waals surface area contributed by atoms with Crippen LogP contribution in [0.25, 0.3) is 11.1 Å². The summed E-state index contributed by atoms with van der Waals surface area (Å²) < 4.78 is 14.7. The van der Waals surface area contributed by atoms with Gasteiger partial charge in [-0.2, -0.15) is 0 Å². The quantitative estimate of drug-likeness (QED) is 0.770. The molecule has 0 heterocycles. The van der Waals surface area contributed by atoms with Crippen LogP contribution in [0.4, 0.5) is 10.1 Å². The van der Waals surface area contributed by atoms with Gasteiger partial charge in [-0.25, -0.2) is 4.39 Å². The predicted molar refractivity (Wildman–Crippen MR) is 87.7 cm³/mol. The van der Waals surface area contributed by atoms with E-state index in [1.54, 1.807) is 12.1 Å². The maximum atomic E-state index is 14.4. The van der Waals surface area contributed by atoms with Gasteiger partial charge in [0.25, 0.3) is 0 Å². The lowest BCUT2D eigenvalue weighted by atomic mass is 10.0. The molecule has 110 valence electrons. The number of rotatable bonds is 5. The molecule has 0 unspecified atom stereocenters. The summed E-state index contributed by atoms with van der Waals surface area (Å²) in [6.07, 6.45) is 2.12. The maximum Gasteiger partial charge on any atom is 0.224 e. The lowest BCUT2D eigenvalue weighted by Crippen LogP contribution is -2.13. The van der Waals surface area contributed by atoms with Crippen molar-refractivity contribution >= 4 is 27.5 Å². The summed E-state index contributed by atoms with van der Waals surface area (Å²) in [6, 6.07) is 12.9. The maximum absolute atomic E-state index is 14.4. The summed E-state index contributed by atoms with van der Waals surface area (Å²) >= 11 is 3.17. The Labute approximate surface area is 132 Å². The normalized spacial score (nSPS) is 10.4. The van der Waals surface area contributed by atoms with Gasteiger partial charge in [0.05, 0.1) is 10.2 Å². The highest BCUT2D eigenvalue weighted by molar-refractivity contribution is 9.10. The summed E-state index contributed by atoms with van der Waals surface area (Å²) in [7, 11) is 0. The van der Waals surface area contributed by atoms with E-state index in [1.807, 2.05) is 37.3 Å². The summed E-state index contributed by atoms with van der Waals surface area (Å²) in [4.78, 5) is 11.9. The number of hydrogen-bond donors (Lipinski definition) is 1. The number of amides is 1. The summed E-state index contributed by atoms with van der Waals surface area (Å²) in [6.45, 7) is 2.02.